The van der Waals surface area contributed by atoms with Crippen molar-refractivity contribution in [3.63, 3.8) is 0 Å². The van der Waals surface area contributed by atoms with Gasteiger partial charge in [0.1, 0.15) is 24.4 Å². The molecular formula is C24H49N7O10. The van der Waals surface area contributed by atoms with Crippen molar-refractivity contribution in [3.05, 3.63) is 0 Å². The highest BCUT2D eigenvalue weighted by molar-refractivity contribution is 5.80. The highest BCUT2D eigenvalue weighted by Crippen LogP contribution is 2.31. The fraction of sp³-hybridized carbons (Fsp3) is 0.958. The van der Waals surface area contributed by atoms with Crippen LogP contribution in [0.15, 0.2) is 0 Å². The average molecular weight is 596 g/mol. The number of amides is 1. The first-order valence-electron chi connectivity index (χ1n) is 14.1. The Labute approximate surface area is 239 Å². The third-order valence-corrected chi connectivity index (χ3v) is 7.90. The van der Waals surface area contributed by atoms with E-state index in [4.69, 9.17) is 47.6 Å². The Morgan fingerprint density at radius 2 is 1.68 bits per heavy atom. The molecule has 17 nitrogen and oxygen atoms in total. The molecule has 1 aliphatic carbocycles. The minimum atomic E-state index is -1.51. The van der Waals surface area contributed by atoms with E-state index in [1.54, 1.807) is 0 Å². The quantitative estimate of drug-likeness (QED) is 0.0941. The Morgan fingerprint density at radius 1 is 0.976 bits per heavy atom. The van der Waals surface area contributed by atoms with Gasteiger partial charge in [0.2, 0.25) is 5.91 Å². The Hall–Kier alpha value is -1.13. The Morgan fingerprint density at radius 3 is 2.32 bits per heavy atom. The van der Waals surface area contributed by atoms with Gasteiger partial charge in [0.25, 0.3) is 0 Å². The van der Waals surface area contributed by atoms with Gasteiger partial charge in [-0.1, -0.05) is 0 Å². The van der Waals surface area contributed by atoms with E-state index in [2.05, 4.69) is 10.6 Å². The summed E-state index contributed by atoms with van der Waals surface area (Å²) in [5.41, 5.74) is 30.1. The van der Waals surface area contributed by atoms with Crippen LogP contribution in [0.2, 0.25) is 0 Å². The van der Waals surface area contributed by atoms with E-state index in [0.29, 0.717) is 12.8 Å². The van der Waals surface area contributed by atoms with Crippen molar-refractivity contribution in [2.75, 3.05) is 32.8 Å². The summed E-state index contributed by atoms with van der Waals surface area (Å²) in [7, 11) is 0. The molecule has 0 spiro atoms. The number of aliphatic hydroxyl groups excluding tert-OH is 5. The number of nitrogens with two attached hydrogens (primary N) is 5. The second-order valence-electron chi connectivity index (χ2n) is 10.9. The van der Waals surface area contributed by atoms with Crippen molar-refractivity contribution in [1.82, 2.24) is 10.6 Å². The molecule has 240 valence electrons. The average Bonchev–Trinajstić information content (AvgIpc) is 2.95. The molecule has 14 atom stereocenters. The molecule has 2 saturated heterocycles. The zero-order valence-corrected chi connectivity index (χ0v) is 23.1. The van der Waals surface area contributed by atoms with Crippen LogP contribution in [0.4, 0.5) is 0 Å². The van der Waals surface area contributed by atoms with E-state index in [0.717, 1.165) is 0 Å². The van der Waals surface area contributed by atoms with E-state index in [1.807, 2.05) is 0 Å². The van der Waals surface area contributed by atoms with Gasteiger partial charge in [-0.2, -0.15) is 0 Å². The second-order valence-corrected chi connectivity index (χ2v) is 10.9. The lowest BCUT2D eigenvalue weighted by atomic mass is 9.81. The molecule has 0 aromatic rings. The van der Waals surface area contributed by atoms with E-state index >= 15 is 0 Å². The van der Waals surface area contributed by atoms with Crippen LogP contribution in [-0.2, 0) is 23.7 Å². The normalized spacial score (nSPS) is 42.5. The maximum Gasteiger partial charge on any atom is 0.249 e. The molecule has 1 saturated carbocycles. The molecule has 17 heteroatoms. The number of rotatable bonds is 13. The first kappa shape index (κ1) is 34.4. The predicted molar refractivity (Wildman–Crippen MR) is 143 cm³/mol. The number of nitrogens with one attached hydrogen (secondary N) is 2. The molecule has 2 aliphatic heterocycles. The van der Waals surface area contributed by atoms with Crippen molar-refractivity contribution in [3.8, 4) is 0 Å². The van der Waals surface area contributed by atoms with Gasteiger partial charge in [0.15, 0.2) is 12.6 Å². The van der Waals surface area contributed by atoms with Crippen LogP contribution in [0.3, 0.4) is 0 Å². The minimum absolute atomic E-state index is 0.0165. The summed E-state index contributed by atoms with van der Waals surface area (Å²) in [6, 6.07) is -4.11. The van der Waals surface area contributed by atoms with E-state index in [-0.39, 0.29) is 45.2 Å². The molecule has 2 heterocycles. The van der Waals surface area contributed by atoms with Gasteiger partial charge >= 0.3 is 0 Å². The SMILES string of the molecule is NCC[C@H](O)C(=O)N[C@@H]1C[C@H](N)C(O[C@H]2O[C@H](CN)CCC2N)C(NCCO)[C@H]1O[C@H]1OC(CO)[C@@H](O)[C@H](N)C1O. The molecule has 41 heavy (non-hydrogen) atoms. The maximum absolute atomic E-state index is 12.8. The molecule has 0 aromatic carbocycles. The largest absolute Gasteiger partial charge is 0.395 e. The number of aliphatic hydroxyl groups is 5. The van der Waals surface area contributed by atoms with Gasteiger partial charge in [-0.15, -0.1) is 0 Å². The summed E-state index contributed by atoms with van der Waals surface area (Å²) in [6.45, 7) is -0.443. The van der Waals surface area contributed by atoms with Gasteiger partial charge in [0.05, 0.1) is 55.7 Å². The van der Waals surface area contributed by atoms with Gasteiger partial charge in [-0.25, -0.2) is 0 Å². The first-order valence-corrected chi connectivity index (χ1v) is 14.1. The summed E-state index contributed by atoms with van der Waals surface area (Å²) < 4.78 is 24.2. The predicted octanol–water partition coefficient (Wildman–Crippen LogP) is -6.81. The molecule has 1 amide bonds. The summed E-state index contributed by atoms with van der Waals surface area (Å²) in [6.07, 6.45) is -8.49. The molecule has 3 fully saturated rings. The van der Waals surface area contributed by atoms with Crippen LogP contribution in [-0.4, -0.2) is 150 Å². The molecule has 3 rings (SSSR count). The fourth-order valence-electron chi connectivity index (χ4n) is 5.52. The van der Waals surface area contributed by atoms with Crippen LogP contribution in [0.5, 0.6) is 0 Å². The van der Waals surface area contributed by atoms with E-state index in [9.17, 15) is 30.3 Å². The van der Waals surface area contributed by atoms with E-state index < -0.39 is 91.9 Å². The monoisotopic (exact) mass is 595 g/mol. The molecule has 3 aliphatic rings. The van der Waals surface area contributed by atoms with Gasteiger partial charge in [0, 0.05) is 19.1 Å². The molecule has 0 bridgehead atoms. The van der Waals surface area contributed by atoms with Crippen molar-refractivity contribution in [2.45, 2.75) is 111 Å². The standard InChI is InChI=1S/C24H49N7O10/c25-4-3-14(34)22(37)31-13-7-12(28)20(40-23-11(27)2-1-10(8-26)38-23)17(30-5-6-32)21(13)41-24-19(36)16(29)18(35)15(9-33)39-24/h10-21,23-24,30,32-36H,1-9,25-29H2,(H,31,37)/t10-,11?,12-,13+,14-,15?,16-,17?,18+,19?,20?,21-,23+,24+/m0/s1. The van der Waals surface area contributed by atoms with Crippen molar-refractivity contribution >= 4 is 5.91 Å². The second kappa shape index (κ2) is 16.1. The highest BCUT2D eigenvalue weighted by Gasteiger charge is 2.51. The van der Waals surface area contributed by atoms with Gasteiger partial charge in [-0.05, 0) is 32.2 Å². The zero-order valence-electron chi connectivity index (χ0n) is 23.1. The molecule has 0 radical (unpaired) electrons. The van der Waals surface area contributed by atoms with Crippen LogP contribution >= 0.6 is 0 Å². The lowest BCUT2D eigenvalue weighted by Gasteiger charge is -2.50. The topological polar surface area (TPSA) is 309 Å². The van der Waals surface area contributed by atoms with Crippen LogP contribution in [0.1, 0.15) is 25.7 Å². The number of ether oxygens (including phenoxy) is 4. The maximum atomic E-state index is 12.8. The highest BCUT2D eigenvalue weighted by atomic mass is 16.7. The van der Waals surface area contributed by atoms with Crippen LogP contribution in [0.25, 0.3) is 0 Å². The summed E-state index contributed by atoms with van der Waals surface area (Å²) in [5.74, 6) is -0.713. The van der Waals surface area contributed by atoms with Gasteiger partial charge < -0.3 is 83.8 Å². The minimum Gasteiger partial charge on any atom is -0.395 e. The Balaban J connectivity index is 1.92. The third kappa shape index (κ3) is 8.49. The molecule has 0 aromatic heterocycles. The fourth-order valence-corrected chi connectivity index (χ4v) is 5.52. The van der Waals surface area contributed by atoms with Gasteiger partial charge in [-0.3, -0.25) is 4.79 Å². The smallest absolute Gasteiger partial charge is 0.249 e. The lowest BCUT2D eigenvalue weighted by Crippen LogP contribution is -2.71. The third-order valence-electron chi connectivity index (χ3n) is 7.90. The number of hydrogen-bond acceptors (Lipinski definition) is 16. The Bertz CT molecular complexity index is 804. The van der Waals surface area contributed by atoms with Crippen molar-refractivity contribution in [1.29, 1.82) is 0 Å². The van der Waals surface area contributed by atoms with Crippen LogP contribution in [0, 0.1) is 0 Å². The first-order chi connectivity index (χ1) is 19.6. The molecular weight excluding hydrogens is 546 g/mol. The Kier molecular flexibility index (Phi) is 13.5. The lowest BCUT2D eigenvalue weighted by molar-refractivity contribution is -0.303. The molecule has 5 unspecified atom stereocenters. The van der Waals surface area contributed by atoms with Crippen LogP contribution < -0.4 is 39.3 Å². The summed E-state index contributed by atoms with van der Waals surface area (Å²) in [4.78, 5) is 12.8. The van der Waals surface area contributed by atoms with E-state index in [1.165, 1.54) is 0 Å². The summed E-state index contributed by atoms with van der Waals surface area (Å²) in [5, 5.41) is 56.5. The number of carbonyl (C=O) groups excluding carboxylic acids is 1. The summed E-state index contributed by atoms with van der Waals surface area (Å²) >= 11 is 0. The van der Waals surface area contributed by atoms with Crippen molar-refractivity contribution in [2.24, 2.45) is 28.7 Å². The van der Waals surface area contributed by atoms with Crippen molar-refractivity contribution < 1.29 is 49.3 Å². The zero-order chi connectivity index (χ0) is 30.3. The number of hydrogen-bond donors (Lipinski definition) is 12. The molecule has 17 N–H and O–H groups in total. The number of carbonyl (C=O) groups is 1.